The Morgan fingerprint density at radius 3 is 2.27 bits per heavy atom. The first-order chi connectivity index (χ1) is 17.9. The molecule has 6 nitrogen and oxygen atoms in total. The summed E-state index contributed by atoms with van der Waals surface area (Å²) in [7, 11) is 0. The second-order valence-electron chi connectivity index (χ2n) is 8.84. The first kappa shape index (κ1) is 25.8. The summed E-state index contributed by atoms with van der Waals surface area (Å²) in [6.45, 7) is 5.78. The normalized spacial score (nSPS) is 15.0. The van der Waals surface area contributed by atoms with Gasteiger partial charge in [0.15, 0.2) is 0 Å². The van der Waals surface area contributed by atoms with Crippen LogP contribution in [-0.2, 0) is 9.59 Å². The highest BCUT2D eigenvalue weighted by Gasteiger charge is 2.34. The number of nitrogens with one attached hydrogen (secondary N) is 3. The van der Waals surface area contributed by atoms with Crippen LogP contribution in [0.5, 0.6) is 0 Å². The molecule has 1 aliphatic rings. The van der Waals surface area contributed by atoms with Crippen molar-refractivity contribution in [2.45, 2.75) is 26.7 Å². The standard InChI is InChI=1S/C30H28N4O2S/c1-19-14-15-25(20(2)16-19)34-26(35)18-37-30-24(17-31)28(22-10-6-4-7-11-22)27(21(3)32-30)29(36)33-23-12-8-5-9-13-23/h4-16,28,32H,18H2,1-3H3,(H,33,36)(H,34,35)/t28-/m0/s1. The number of benzene rings is 3. The molecule has 0 aromatic heterocycles. The molecule has 0 unspecified atom stereocenters. The number of allylic oxidation sites excluding steroid dienone is 2. The largest absolute Gasteiger partial charge is 0.353 e. The van der Waals surface area contributed by atoms with Crippen molar-refractivity contribution in [2.24, 2.45) is 0 Å². The number of hydrogen-bond acceptors (Lipinski definition) is 5. The lowest BCUT2D eigenvalue weighted by molar-refractivity contribution is -0.114. The molecule has 0 bridgehead atoms. The van der Waals surface area contributed by atoms with E-state index in [1.54, 1.807) is 0 Å². The third kappa shape index (κ3) is 6.11. The van der Waals surface area contributed by atoms with E-state index in [0.717, 1.165) is 22.4 Å². The van der Waals surface area contributed by atoms with Gasteiger partial charge in [-0.25, -0.2) is 0 Å². The molecule has 0 radical (unpaired) electrons. The van der Waals surface area contributed by atoms with Gasteiger partial charge in [0.05, 0.1) is 28.3 Å². The third-order valence-corrected chi connectivity index (χ3v) is 7.08. The number of aryl methyl sites for hydroxylation is 2. The van der Waals surface area contributed by atoms with Crippen LogP contribution in [-0.4, -0.2) is 17.6 Å². The van der Waals surface area contributed by atoms with Crippen LogP contribution in [0.25, 0.3) is 0 Å². The average molecular weight is 509 g/mol. The van der Waals surface area contributed by atoms with Crippen LogP contribution in [0.2, 0.25) is 0 Å². The first-order valence-corrected chi connectivity index (χ1v) is 12.9. The van der Waals surface area contributed by atoms with Crippen LogP contribution < -0.4 is 16.0 Å². The monoisotopic (exact) mass is 508 g/mol. The SMILES string of the molecule is CC1=C(C(=O)Nc2ccccc2)[C@@H](c2ccccc2)C(C#N)=C(SCC(=O)Nc2ccc(C)cc2C)N1. The van der Waals surface area contributed by atoms with Crippen molar-refractivity contribution in [2.75, 3.05) is 16.4 Å². The lowest BCUT2D eigenvalue weighted by Crippen LogP contribution is -2.31. The maximum atomic E-state index is 13.4. The molecule has 0 aliphatic carbocycles. The van der Waals surface area contributed by atoms with E-state index in [2.05, 4.69) is 22.0 Å². The molecular weight excluding hydrogens is 480 g/mol. The molecule has 0 fully saturated rings. The van der Waals surface area contributed by atoms with Crippen LogP contribution in [0.15, 0.2) is 101 Å². The summed E-state index contributed by atoms with van der Waals surface area (Å²) in [5, 5.41) is 19.9. The highest BCUT2D eigenvalue weighted by Crippen LogP contribution is 2.41. The Kier molecular flexibility index (Phi) is 8.11. The van der Waals surface area contributed by atoms with E-state index in [-0.39, 0.29) is 17.6 Å². The third-order valence-electron chi connectivity index (χ3n) is 6.06. The van der Waals surface area contributed by atoms with Crippen molar-refractivity contribution in [3.05, 3.63) is 117 Å². The fraction of sp³-hybridized carbons (Fsp3) is 0.167. The summed E-state index contributed by atoms with van der Waals surface area (Å²) in [6, 6.07) is 26.9. The summed E-state index contributed by atoms with van der Waals surface area (Å²) >= 11 is 1.25. The van der Waals surface area contributed by atoms with E-state index >= 15 is 0 Å². The van der Waals surface area contributed by atoms with Gasteiger partial charge in [-0.3, -0.25) is 9.59 Å². The number of anilines is 2. The van der Waals surface area contributed by atoms with Crippen LogP contribution >= 0.6 is 11.8 Å². The van der Waals surface area contributed by atoms with Gasteiger partial charge in [0.2, 0.25) is 5.91 Å². The molecule has 4 rings (SSSR count). The maximum absolute atomic E-state index is 13.4. The number of nitriles is 1. The minimum absolute atomic E-state index is 0.112. The minimum atomic E-state index is -0.568. The predicted octanol–water partition coefficient (Wildman–Crippen LogP) is 6.01. The predicted molar refractivity (Wildman–Crippen MR) is 150 cm³/mol. The molecule has 3 aromatic rings. The molecule has 3 N–H and O–H groups in total. The Morgan fingerprint density at radius 1 is 0.946 bits per heavy atom. The molecule has 0 spiro atoms. The lowest BCUT2D eigenvalue weighted by Gasteiger charge is -2.30. The molecule has 1 heterocycles. The summed E-state index contributed by atoms with van der Waals surface area (Å²) in [6.07, 6.45) is 0. The summed E-state index contributed by atoms with van der Waals surface area (Å²) < 4.78 is 0. The quantitative estimate of drug-likeness (QED) is 0.363. The number of carbonyl (C=O) groups is 2. The Balaban J connectivity index is 1.60. The zero-order valence-corrected chi connectivity index (χ0v) is 21.8. The molecule has 0 saturated carbocycles. The van der Waals surface area contributed by atoms with Crippen molar-refractivity contribution in [3.8, 4) is 6.07 Å². The van der Waals surface area contributed by atoms with Crippen LogP contribution in [0.1, 0.15) is 29.5 Å². The lowest BCUT2D eigenvalue weighted by atomic mass is 9.82. The van der Waals surface area contributed by atoms with Gasteiger partial charge >= 0.3 is 0 Å². The Hall–Kier alpha value is -4.28. The van der Waals surface area contributed by atoms with Gasteiger partial charge in [0.1, 0.15) is 0 Å². The Labute approximate surface area is 221 Å². The zero-order chi connectivity index (χ0) is 26.4. The molecular formula is C30H28N4O2S. The molecule has 7 heteroatoms. The molecule has 0 saturated heterocycles. The van der Waals surface area contributed by atoms with Crippen LogP contribution in [0.4, 0.5) is 11.4 Å². The van der Waals surface area contributed by atoms with Gasteiger partial charge in [-0.05, 0) is 50.1 Å². The van der Waals surface area contributed by atoms with Crippen LogP contribution in [0.3, 0.4) is 0 Å². The second-order valence-corrected chi connectivity index (χ2v) is 9.82. The number of rotatable bonds is 7. The van der Waals surface area contributed by atoms with E-state index in [0.29, 0.717) is 27.6 Å². The number of amides is 2. The average Bonchev–Trinajstić information content (AvgIpc) is 2.89. The fourth-order valence-electron chi connectivity index (χ4n) is 4.30. The van der Waals surface area contributed by atoms with E-state index in [1.165, 1.54) is 11.8 Å². The van der Waals surface area contributed by atoms with E-state index in [4.69, 9.17) is 0 Å². The summed E-state index contributed by atoms with van der Waals surface area (Å²) in [5.41, 5.74) is 5.89. The van der Waals surface area contributed by atoms with Crippen molar-refractivity contribution >= 4 is 35.0 Å². The van der Waals surface area contributed by atoms with E-state index in [1.807, 2.05) is 99.6 Å². The number of thioether (sulfide) groups is 1. The van der Waals surface area contributed by atoms with E-state index in [9.17, 15) is 14.9 Å². The van der Waals surface area contributed by atoms with Crippen molar-refractivity contribution in [3.63, 3.8) is 0 Å². The molecule has 1 atom stereocenters. The first-order valence-electron chi connectivity index (χ1n) is 11.9. The van der Waals surface area contributed by atoms with Gasteiger partial charge in [0.25, 0.3) is 5.91 Å². The van der Waals surface area contributed by atoms with Gasteiger partial charge in [-0.1, -0.05) is 78.0 Å². The second kappa shape index (κ2) is 11.6. The van der Waals surface area contributed by atoms with Gasteiger partial charge in [-0.15, -0.1) is 0 Å². The molecule has 3 aromatic carbocycles. The number of hydrogen-bond donors (Lipinski definition) is 3. The van der Waals surface area contributed by atoms with Crippen molar-refractivity contribution < 1.29 is 9.59 Å². The number of carbonyl (C=O) groups excluding carboxylic acids is 2. The molecule has 37 heavy (non-hydrogen) atoms. The van der Waals surface area contributed by atoms with Crippen LogP contribution in [0, 0.1) is 25.2 Å². The van der Waals surface area contributed by atoms with Gasteiger partial charge < -0.3 is 16.0 Å². The summed E-state index contributed by atoms with van der Waals surface area (Å²) in [4.78, 5) is 26.2. The fourth-order valence-corrected chi connectivity index (χ4v) is 5.20. The Morgan fingerprint density at radius 2 is 1.62 bits per heavy atom. The Bertz CT molecular complexity index is 1420. The zero-order valence-electron chi connectivity index (χ0n) is 21.0. The molecule has 186 valence electrons. The van der Waals surface area contributed by atoms with Gasteiger partial charge in [-0.2, -0.15) is 5.26 Å². The van der Waals surface area contributed by atoms with Crippen molar-refractivity contribution in [1.82, 2.24) is 5.32 Å². The summed E-state index contributed by atoms with van der Waals surface area (Å²) in [5.74, 6) is -0.911. The van der Waals surface area contributed by atoms with E-state index < -0.39 is 5.92 Å². The maximum Gasteiger partial charge on any atom is 0.254 e. The minimum Gasteiger partial charge on any atom is -0.353 e. The van der Waals surface area contributed by atoms with Crippen molar-refractivity contribution in [1.29, 1.82) is 5.26 Å². The highest BCUT2D eigenvalue weighted by molar-refractivity contribution is 8.03. The number of dihydropyridines is 1. The van der Waals surface area contributed by atoms with Gasteiger partial charge in [0, 0.05) is 22.6 Å². The topological polar surface area (TPSA) is 94.0 Å². The molecule has 1 aliphatic heterocycles. The smallest absolute Gasteiger partial charge is 0.254 e. The number of para-hydroxylation sites is 1. The highest BCUT2D eigenvalue weighted by atomic mass is 32.2. The molecule has 2 amide bonds. The number of nitrogens with zero attached hydrogens (tertiary/aromatic N) is 1.